The molecule has 0 saturated carbocycles. The van der Waals surface area contributed by atoms with Gasteiger partial charge in [0.1, 0.15) is 0 Å². The van der Waals surface area contributed by atoms with Gasteiger partial charge in [0.15, 0.2) is 0 Å². The van der Waals surface area contributed by atoms with Crippen molar-refractivity contribution in [2.75, 3.05) is 0 Å². The van der Waals surface area contributed by atoms with E-state index in [1.54, 1.807) is 6.07 Å². The Morgan fingerprint density at radius 2 is 2.00 bits per heavy atom. The van der Waals surface area contributed by atoms with Crippen LogP contribution in [0.3, 0.4) is 0 Å². The monoisotopic (exact) mass is 154 g/mol. The Labute approximate surface area is 82.1 Å². The molecular weight excluding hydrogens is 147 g/mol. The Bertz CT molecular complexity index is 336. The second kappa shape index (κ2) is 3.66. The molecule has 1 aliphatic heterocycles. The molecule has 0 aliphatic carbocycles. The van der Waals surface area contributed by atoms with Gasteiger partial charge in [0.05, 0.1) is 6.54 Å². The van der Waals surface area contributed by atoms with E-state index in [-0.39, 0.29) is 24.8 Å². The number of azo groups is 1. The summed E-state index contributed by atoms with van der Waals surface area (Å²) in [6.07, 6.45) is 0. The van der Waals surface area contributed by atoms with E-state index < -0.39 is 0 Å². The maximum atomic E-state index is 11.0. The molecule has 1 aromatic rings. The molecule has 0 unspecified atom stereocenters. The average Bonchev–Trinajstić information content (AvgIpc) is 2.06. The summed E-state index contributed by atoms with van der Waals surface area (Å²) in [6.45, 7) is 0.530. The van der Waals surface area contributed by atoms with Crippen LogP contribution in [-0.2, 0) is 6.54 Å². The van der Waals surface area contributed by atoms with E-state index in [2.05, 4.69) is 10.2 Å². The summed E-state index contributed by atoms with van der Waals surface area (Å²) in [4.78, 5) is 11.0. The van der Waals surface area contributed by atoms with Crippen LogP contribution in [0.1, 0.15) is 15.9 Å². The van der Waals surface area contributed by atoms with Crippen molar-refractivity contribution in [1.82, 2.24) is 0 Å². The van der Waals surface area contributed by atoms with Crippen molar-refractivity contribution in [1.29, 1.82) is 0 Å². The number of hydrogen-bond acceptors (Lipinski definition) is 2. The van der Waals surface area contributed by atoms with Crippen molar-refractivity contribution in [2.24, 2.45) is 10.2 Å². The molecule has 2 rings (SSSR count). The third-order valence-electron chi connectivity index (χ3n) is 1.65. The zero-order chi connectivity index (χ0) is 7.68. The first-order valence-electron chi connectivity index (χ1n) is 3.37. The molecule has 0 spiro atoms. The fourth-order valence-electron chi connectivity index (χ4n) is 1.10. The Balaban J connectivity index is 0.000000720. The number of fused-ring (bicyclic) bond motifs is 1. The molecule has 0 aromatic heterocycles. The molecule has 3 nitrogen and oxygen atoms in total. The van der Waals surface area contributed by atoms with Gasteiger partial charge in [-0.05, 0) is 11.6 Å². The maximum absolute atomic E-state index is 11.0. The molecule has 1 heterocycles. The van der Waals surface area contributed by atoms with Crippen LogP contribution >= 0.6 is 0 Å². The number of benzene rings is 1. The van der Waals surface area contributed by atoms with Crippen LogP contribution in [0.4, 0.5) is 0 Å². The third kappa shape index (κ3) is 1.47. The molecule has 0 atom stereocenters. The first-order valence-corrected chi connectivity index (χ1v) is 3.37. The first kappa shape index (κ1) is 9.18. The molecule has 0 N–H and O–H groups in total. The zero-order valence-corrected chi connectivity index (χ0v) is 5.82. The predicted molar refractivity (Wildman–Crippen MR) is 46.5 cm³/mol. The number of nitrogens with zero attached hydrogens (tertiary/aromatic N) is 2. The Hall–Kier alpha value is -0.913. The number of amides is 1. The summed E-state index contributed by atoms with van der Waals surface area (Å²) in [6, 6.07) is 7.39. The summed E-state index contributed by atoms with van der Waals surface area (Å²) >= 11 is 0. The second-order valence-electron chi connectivity index (χ2n) is 2.36. The standard InChI is InChI=1S/C8H6N2O.Li.H/c11-8-7-4-2-1-3-6(7)5-9-10-8;;/h1-4H,5H2;;. The normalized spacial score (nSPS) is 13.5. The van der Waals surface area contributed by atoms with Crippen molar-refractivity contribution in [3.8, 4) is 0 Å². The fraction of sp³-hybridized carbons (Fsp3) is 0.125. The van der Waals surface area contributed by atoms with E-state index in [0.717, 1.165) is 5.56 Å². The van der Waals surface area contributed by atoms with Crippen LogP contribution in [0.5, 0.6) is 0 Å². The molecule has 56 valence electrons. The minimum absolute atomic E-state index is 0. The molecule has 0 radical (unpaired) electrons. The van der Waals surface area contributed by atoms with Crippen LogP contribution in [0.15, 0.2) is 34.5 Å². The summed E-state index contributed by atoms with van der Waals surface area (Å²) < 4.78 is 0. The van der Waals surface area contributed by atoms with Gasteiger partial charge in [0.2, 0.25) is 0 Å². The number of carbonyl (C=O) groups is 1. The van der Waals surface area contributed by atoms with E-state index >= 15 is 0 Å². The fourth-order valence-corrected chi connectivity index (χ4v) is 1.10. The van der Waals surface area contributed by atoms with Crippen LogP contribution in [0.25, 0.3) is 0 Å². The van der Waals surface area contributed by atoms with Crippen molar-refractivity contribution in [3.05, 3.63) is 35.4 Å². The van der Waals surface area contributed by atoms with Gasteiger partial charge in [0, 0.05) is 5.56 Å². The Morgan fingerprint density at radius 1 is 1.25 bits per heavy atom. The molecule has 1 aliphatic rings. The third-order valence-corrected chi connectivity index (χ3v) is 1.65. The van der Waals surface area contributed by atoms with Crippen molar-refractivity contribution in [2.45, 2.75) is 6.54 Å². The van der Waals surface area contributed by atoms with Gasteiger partial charge >= 0.3 is 18.9 Å². The Morgan fingerprint density at radius 3 is 2.75 bits per heavy atom. The van der Waals surface area contributed by atoms with Crippen LogP contribution in [0.2, 0.25) is 0 Å². The van der Waals surface area contributed by atoms with Crippen LogP contribution in [0, 0.1) is 0 Å². The zero-order valence-electron chi connectivity index (χ0n) is 5.82. The molecule has 0 fully saturated rings. The quantitative estimate of drug-likeness (QED) is 0.516. The van der Waals surface area contributed by atoms with Gasteiger partial charge in [-0.15, -0.1) is 5.11 Å². The van der Waals surface area contributed by atoms with Gasteiger partial charge in [-0.2, -0.15) is 5.11 Å². The second-order valence-corrected chi connectivity index (χ2v) is 2.36. The predicted octanol–water partition coefficient (Wildman–Crippen LogP) is 1.14. The molecule has 0 saturated heterocycles. The number of hydrogen-bond donors (Lipinski definition) is 0. The molecule has 4 heteroatoms. The van der Waals surface area contributed by atoms with Crippen LogP contribution in [-0.4, -0.2) is 24.8 Å². The summed E-state index contributed by atoms with van der Waals surface area (Å²) in [5, 5.41) is 7.13. The van der Waals surface area contributed by atoms with E-state index in [1.807, 2.05) is 18.2 Å². The SMILES string of the molecule is O=C1N=NCc2ccccc21.[LiH]. The van der Waals surface area contributed by atoms with Crippen molar-refractivity contribution >= 4 is 24.8 Å². The van der Waals surface area contributed by atoms with E-state index in [1.165, 1.54) is 0 Å². The van der Waals surface area contributed by atoms with E-state index in [4.69, 9.17) is 0 Å². The Kier molecular flexibility index (Phi) is 2.80. The summed E-state index contributed by atoms with van der Waals surface area (Å²) in [5.41, 5.74) is 1.65. The number of carbonyl (C=O) groups excluding carboxylic acids is 1. The van der Waals surface area contributed by atoms with Gasteiger partial charge in [-0.25, -0.2) is 0 Å². The molecule has 12 heavy (non-hydrogen) atoms. The van der Waals surface area contributed by atoms with Gasteiger partial charge in [-0.3, -0.25) is 4.79 Å². The minimum atomic E-state index is -0.230. The van der Waals surface area contributed by atoms with Crippen molar-refractivity contribution in [3.63, 3.8) is 0 Å². The average molecular weight is 154 g/mol. The molecular formula is C8H7LiN2O. The van der Waals surface area contributed by atoms with Crippen LogP contribution < -0.4 is 0 Å². The van der Waals surface area contributed by atoms with Gasteiger partial charge < -0.3 is 0 Å². The van der Waals surface area contributed by atoms with E-state index in [0.29, 0.717) is 12.1 Å². The summed E-state index contributed by atoms with van der Waals surface area (Å²) in [5.74, 6) is -0.230. The number of rotatable bonds is 0. The molecule has 1 aromatic carbocycles. The van der Waals surface area contributed by atoms with Gasteiger partial charge in [-0.1, -0.05) is 18.2 Å². The molecule has 1 amide bonds. The topological polar surface area (TPSA) is 41.8 Å². The summed E-state index contributed by atoms with van der Waals surface area (Å²) in [7, 11) is 0. The van der Waals surface area contributed by atoms with Gasteiger partial charge in [0.25, 0.3) is 5.91 Å². The van der Waals surface area contributed by atoms with Crippen molar-refractivity contribution < 1.29 is 4.79 Å². The van der Waals surface area contributed by atoms with E-state index in [9.17, 15) is 4.79 Å². The first-order chi connectivity index (χ1) is 5.38. The molecule has 0 bridgehead atoms.